The highest BCUT2D eigenvalue weighted by Crippen LogP contribution is 2.28. The molecule has 130 valence electrons. The Morgan fingerprint density at radius 3 is 2.52 bits per heavy atom. The number of amides is 2. The minimum absolute atomic E-state index is 0.152. The van der Waals surface area contributed by atoms with Crippen LogP contribution in [0.5, 0.6) is 5.75 Å². The zero-order valence-corrected chi connectivity index (χ0v) is 14.7. The molecule has 1 atom stereocenters. The highest BCUT2D eigenvalue weighted by atomic mass is 16.5. The van der Waals surface area contributed by atoms with E-state index in [-0.39, 0.29) is 18.2 Å². The molecule has 1 heterocycles. The lowest BCUT2D eigenvalue weighted by atomic mass is 10.1. The fraction of sp³-hybridized carbons (Fsp3) is 0.300. The Kier molecular flexibility index (Phi) is 4.74. The van der Waals surface area contributed by atoms with Gasteiger partial charge in [-0.25, -0.2) is 4.90 Å². The molecular formula is C20H22N2O3. The standard InChI is InChI=1S/C20H22N2O3/c1-4-25-16-10-8-15(9-11-16)22-19(23)12-18(20(22)24)21-17-7-5-6-13(2)14(17)3/h5-11,18,21H,4,12H2,1-3H3/t18-/m0/s1. The topological polar surface area (TPSA) is 58.6 Å². The van der Waals surface area contributed by atoms with Gasteiger partial charge in [0.15, 0.2) is 0 Å². The third-order valence-corrected chi connectivity index (χ3v) is 4.49. The second-order valence-electron chi connectivity index (χ2n) is 6.14. The van der Waals surface area contributed by atoms with Crippen LogP contribution in [-0.4, -0.2) is 24.5 Å². The van der Waals surface area contributed by atoms with E-state index >= 15 is 0 Å². The maximum Gasteiger partial charge on any atom is 0.256 e. The molecule has 2 amide bonds. The van der Waals surface area contributed by atoms with Crippen molar-refractivity contribution in [3.05, 3.63) is 53.6 Å². The number of aryl methyl sites for hydroxylation is 1. The SMILES string of the molecule is CCOc1ccc(N2C(=O)C[C@H](Nc3cccc(C)c3C)C2=O)cc1. The van der Waals surface area contributed by atoms with Gasteiger partial charge in [-0.3, -0.25) is 9.59 Å². The van der Waals surface area contributed by atoms with Crippen LogP contribution in [0.25, 0.3) is 0 Å². The van der Waals surface area contributed by atoms with E-state index in [2.05, 4.69) is 5.32 Å². The van der Waals surface area contributed by atoms with Gasteiger partial charge in [-0.2, -0.15) is 0 Å². The monoisotopic (exact) mass is 338 g/mol. The van der Waals surface area contributed by atoms with Crippen molar-refractivity contribution in [1.29, 1.82) is 0 Å². The van der Waals surface area contributed by atoms with Gasteiger partial charge in [0.1, 0.15) is 11.8 Å². The average Bonchev–Trinajstić information content (AvgIpc) is 2.87. The van der Waals surface area contributed by atoms with Crippen molar-refractivity contribution < 1.29 is 14.3 Å². The number of imide groups is 1. The van der Waals surface area contributed by atoms with Crippen molar-refractivity contribution in [3.8, 4) is 5.75 Å². The molecule has 0 unspecified atom stereocenters. The molecule has 0 bridgehead atoms. The van der Waals surface area contributed by atoms with E-state index in [9.17, 15) is 9.59 Å². The summed E-state index contributed by atoms with van der Waals surface area (Å²) in [5.41, 5.74) is 3.69. The smallest absolute Gasteiger partial charge is 0.256 e. The summed E-state index contributed by atoms with van der Waals surface area (Å²) in [4.78, 5) is 26.4. The number of hydrogen-bond acceptors (Lipinski definition) is 4. The van der Waals surface area contributed by atoms with Crippen LogP contribution in [0.1, 0.15) is 24.5 Å². The van der Waals surface area contributed by atoms with Gasteiger partial charge in [0, 0.05) is 5.69 Å². The minimum atomic E-state index is -0.542. The number of ether oxygens (including phenoxy) is 1. The van der Waals surface area contributed by atoms with E-state index in [1.807, 2.05) is 39.0 Å². The zero-order chi connectivity index (χ0) is 18.0. The summed E-state index contributed by atoms with van der Waals surface area (Å²) >= 11 is 0. The van der Waals surface area contributed by atoms with E-state index in [0.717, 1.165) is 22.6 Å². The molecular weight excluding hydrogens is 316 g/mol. The van der Waals surface area contributed by atoms with Gasteiger partial charge in [0.05, 0.1) is 18.7 Å². The Balaban J connectivity index is 1.79. The van der Waals surface area contributed by atoms with E-state index in [1.54, 1.807) is 24.3 Å². The average molecular weight is 338 g/mol. The molecule has 3 rings (SSSR count). The van der Waals surface area contributed by atoms with Gasteiger partial charge in [-0.05, 0) is 62.2 Å². The predicted octanol–water partition coefficient (Wildman–Crippen LogP) is 3.45. The molecule has 1 fully saturated rings. The molecule has 2 aromatic carbocycles. The lowest BCUT2D eigenvalue weighted by Gasteiger charge is -2.18. The Labute approximate surface area is 147 Å². The number of nitrogens with zero attached hydrogens (tertiary/aromatic N) is 1. The molecule has 0 saturated carbocycles. The Morgan fingerprint density at radius 2 is 1.84 bits per heavy atom. The number of hydrogen-bond donors (Lipinski definition) is 1. The van der Waals surface area contributed by atoms with Crippen LogP contribution in [0, 0.1) is 13.8 Å². The molecule has 5 heteroatoms. The Hall–Kier alpha value is -2.82. The lowest BCUT2D eigenvalue weighted by Crippen LogP contribution is -2.34. The van der Waals surface area contributed by atoms with Crippen LogP contribution in [0.3, 0.4) is 0 Å². The summed E-state index contributed by atoms with van der Waals surface area (Å²) < 4.78 is 5.40. The highest BCUT2D eigenvalue weighted by Gasteiger charge is 2.39. The second-order valence-corrected chi connectivity index (χ2v) is 6.14. The fourth-order valence-corrected chi connectivity index (χ4v) is 2.97. The first kappa shape index (κ1) is 17.0. The van der Waals surface area contributed by atoms with Gasteiger partial charge in [0.2, 0.25) is 5.91 Å². The number of carbonyl (C=O) groups excluding carboxylic acids is 2. The van der Waals surface area contributed by atoms with E-state index in [4.69, 9.17) is 4.74 Å². The molecule has 1 N–H and O–H groups in total. The number of rotatable bonds is 5. The minimum Gasteiger partial charge on any atom is -0.494 e. The Morgan fingerprint density at radius 1 is 1.12 bits per heavy atom. The van der Waals surface area contributed by atoms with E-state index < -0.39 is 6.04 Å². The first-order chi connectivity index (χ1) is 12.0. The van der Waals surface area contributed by atoms with Crippen molar-refractivity contribution in [2.75, 3.05) is 16.8 Å². The molecule has 1 saturated heterocycles. The van der Waals surface area contributed by atoms with E-state index in [0.29, 0.717) is 12.3 Å². The van der Waals surface area contributed by atoms with Gasteiger partial charge in [-0.15, -0.1) is 0 Å². The van der Waals surface area contributed by atoms with Crippen molar-refractivity contribution in [3.63, 3.8) is 0 Å². The summed E-state index contributed by atoms with van der Waals surface area (Å²) in [6.45, 7) is 6.51. The molecule has 5 nitrogen and oxygen atoms in total. The summed E-state index contributed by atoms with van der Waals surface area (Å²) in [6, 6.07) is 12.4. The van der Waals surface area contributed by atoms with Gasteiger partial charge in [0.25, 0.3) is 5.91 Å². The second kappa shape index (κ2) is 6.97. The van der Waals surface area contributed by atoms with Crippen molar-refractivity contribution in [2.45, 2.75) is 33.2 Å². The number of benzene rings is 2. The van der Waals surface area contributed by atoms with Crippen LogP contribution in [-0.2, 0) is 9.59 Å². The predicted molar refractivity (Wildman–Crippen MR) is 98.0 cm³/mol. The van der Waals surface area contributed by atoms with Gasteiger partial charge >= 0.3 is 0 Å². The van der Waals surface area contributed by atoms with Gasteiger partial charge in [-0.1, -0.05) is 12.1 Å². The van der Waals surface area contributed by atoms with Crippen LogP contribution >= 0.6 is 0 Å². The quantitative estimate of drug-likeness (QED) is 0.849. The number of nitrogens with one attached hydrogen (secondary N) is 1. The summed E-state index contributed by atoms with van der Waals surface area (Å²) in [5, 5.41) is 3.22. The first-order valence-electron chi connectivity index (χ1n) is 8.43. The fourth-order valence-electron chi connectivity index (χ4n) is 2.97. The highest BCUT2D eigenvalue weighted by molar-refractivity contribution is 6.23. The third-order valence-electron chi connectivity index (χ3n) is 4.49. The first-order valence-corrected chi connectivity index (χ1v) is 8.43. The maximum atomic E-state index is 12.7. The summed E-state index contributed by atoms with van der Waals surface area (Å²) in [7, 11) is 0. The molecule has 25 heavy (non-hydrogen) atoms. The molecule has 0 radical (unpaired) electrons. The van der Waals surface area contributed by atoms with Gasteiger partial charge < -0.3 is 10.1 Å². The molecule has 1 aliphatic heterocycles. The Bertz CT molecular complexity index is 799. The molecule has 2 aromatic rings. The van der Waals surface area contributed by atoms with Crippen molar-refractivity contribution >= 4 is 23.2 Å². The van der Waals surface area contributed by atoms with Crippen LogP contribution < -0.4 is 15.0 Å². The molecule has 0 aromatic heterocycles. The van der Waals surface area contributed by atoms with Crippen LogP contribution in [0.2, 0.25) is 0 Å². The van der Waals surface area contributed by atoms with E-state index in [1.165, 1.54) is 4.90 Å². The summed E-state index contributed by atoms with van der Waals surface area (Å²) in [6.07, 6.45) is 0.152. The maximum absolute atomic E-state index is 12.7. The number of anilines is 2. The zero-order valence-electron chi connectivity index (χ0n) is 14.7. The lowest BCUT2D eigenvalue weighted by molar-refractivity contribution is -0.121. The summed E-state index contributed by atoms with van der Waals surface area (Å²) in [5.74, 6) is 0.294. The number of carbonyl (C=O) groups is 2. The van der Waals surface area contributed by atoms with Crippen molar-refractivity contribution in [1.82, 2.24) is 0 Å². The van der Waals surface area contributed by atoms with Crippen LogP contribution in [0.15, 0.2) is 42.5 Å². The largest absolute Gasteiger partial charge is 0.494 e. The third kappa shape index (κ3) is 3.36. The molecule has 1 aliphatic rings. The normalized spacial score (nSPS) is 17.1. The van der Waals surface area contributed by atoms with Crippen molar-refractivity contribution in [2.24, 2.45) is 0 Å². The van der Waals surface area contributed by atoms with Crippen LogP contribution in [0.4, 0.5) is 11.4 Å². The molecule has 0 spiro atoms. The molecule has 0 aliphatic carbocycles.